The Hall–Kier alpha value is -1.62. The number of aryl methyl sites for hydroxylation is 1. The van der Waals surface area contributed by atoms with Gasteiger partial charge in [-0.3, -0.25) is 9.89 Å². The SMILES string of the molecule is CC(=O)Nc1cc(-c2sccc2C)[nH]n1. The summed E-state index contributed by atoms with van der Waals surface area (Å²) in [7, 11) is 0. The Morgan fingerprint density at radius 1 is 1.60 bits per heavy atom. The largest absolute Gasteiger partial charge is 0.309 e. The van der Waals surface area contributed by atoms with E-state index in [0.717, 1.165) is 10.6 Å². The van der Waals surface area contributed by atoms with Gasteiger partial charge in [-0.1, -0.05) is 0 Å². The van der Waals surface area contributed by atoms with E-state index in [1.807, 2.05) is 18.4 Å². The normalized spacial score (nSPS) is 10.3. The number of aromatic nitrogens is 2. The van der Waals surface area contributed by atoms with Crippen LogP contribution in [0, 0.1) is 6.92 Å². The highest BCUT2D eigenvalue weighted by atomic mass is 32.1. The van der Waals surface area contributed by atoms with E-state index in [2.05, 4.69) is 21.6 Å². The Labute approximate surface area is 91.3 Å². The maximum atomic E-state index is 10.8. The third-order valence-corrected chi connectivity index (χ3v) is 3.04. The van der Waals surface area contributed by atoms with Crippen molar-refractivity contribution in [1.29, 1.82) is 0 Å². The molecular weight excluding hydrogens is 210 g/mol. The zero-order chi connectivity index (χ0) is 10.8. The van der Waals surface area contributed by atoms with Gasteiger partial charge in [-0.2, -0.15) is 5.10 Å². The highest BCUT2D eigenvalue weighted by Crippen LogP contribution is 2.28. The Bertz CT molecular complexity index is 486. The molecule has 2 aromatic rings. The van der Waals surface area contributed by atoms with Gasteiger partial charge in [-0.05, 0) is 23.9 Å². The van der Waals surface area contributed by atoms with Crippen LogP contribution >= 0.6 is 11.3 Å². The fraction of sp³-hybridized carbons (Fsp3) is 0.200. The van der Waals surface area contributed by atoms with E-state index >= 15 is 0 Å². The molecule has 0 bridgehead atoms. The standard InChI is InChI=1S/C10H11N3OS/c1-6-3-4-15-10(6)8-5-9(13-12-8)11-7(2)14/h3-5H,1-2H3,(H2,11,12,13,14). The van der Waals surface area contributed by atoms with E-state index in [9.17, 15) is 4.79 Å². The number of carbonyl (C=O) groups excluding carboxylic acids is 1. The summed E-state index contributed by atoms with van der Waals surface area (Å²) in [6, 6.07) is 3.89. The molecule has 0 aromatic carbocycles. The molecule has 0 aliphatic heterocycles. The molecule has 0 aliphatic rings. The van der Waals surface area contributed by atoms with Crippen molar-refractivity contribution in [3.8, 4) is 10.6 Å². The Balaban J connectivity index is 2.28. The van der Waals surface area contributed by atoms with Gasteiger partial charge in [0.05, 0.1) is 10.6 Å². The number of H-pyrrole nitrogens is 1. The highest BCUT2D eigenvalue weighted by Gasteiger charge is 2.07. The molecule has 0 saturated carbocycles. The first-order valence-corrected chi connectivity index (χ1v) is 5.42. The molecule has 0 radical (unpaired) electrons. The van der Waals surface area contributed by atoms with Crippen LogP contribution in [0.5, 0.6) is 0 Å². The zero-order valence-corrected chi connectivity index (χ0v) is 9.31. The van der Waals surface area contributed by atoms with Crippen LogP contribution in [-0.2, 0) is 4.79 Å². The van der Waals surface area contributed by atoms with Crippen LogP contribution in [0.1, 0.15) is 12.5 Å². The van der Waals surface area contributed by atoms with Crippen molar-refractivity contribution < 1.29 is 4.79 Å². The molecule has 0 unspecified atom stereocenters. The van der Waals surface area contributed by atoms with E-state index in [4.69, 9.17) is 0 Å². The molecule has 2 aromatic heterocycles. The topological polar surface area (TPSA) is 57.8 Å². The number of amides is 1. The van der Waals surface area contributed by atoms with Crippen molar-refractivity contribution in [3.63, 3.8) is 0 Å². The predicted molar refractivity (Wildman–Crippen MR) is 60.9 cm³/mol. The highest BCUT2D eigenvalue weighted by molar-refractivity contribution is 7.13. The van der Waals surface area contributed by atoms with Crippen molar-refractivity contribution in [2.24, 2.45) is 0 Å². The number of rotatable bonds is 2. The van der Waals surface area contributed by atoms with Gasteiger partial charge in [0.25, 0.3) is 0 Å². The van der Waals surface area contributed by atoms with Crippen molar-refractivity contribution in [1.82, 2.24) is 10.2 Å². The van der Waals surface area contributed by atoms with Crippen molar-refractivity contribution in [2.45, 2.75) is 13.8 Å². The fourth-order valence-electron chi connectivity index (χ4n) is 1.33. The number of carbonyl (C=O) groups is 1. The van der Waals surface area contributed by atoms with Gasteiger partial charge in [0, 0.05) is 13.0 Å². The second-order valence-electron chi connectivity index (χ2n) is 3.28. The number of nitrogens with zero attached hydrogens (tertiary/aromatic N) is 1. The summed E-state index contributed by atoms with van der Waals surface area (Å²) in [5, 5.41) is 11.6. The lowest BCUT2D eigenvalue weighted by Gasteiger charge is -1.93. The monoisotopic (exact) mass is 221 g/mol. The van der Waals surface area contributed by atoms with E-state index in [-0.39, 0.29) is 5.91 Å². The van der Waals surface area contributed by atoms with Crippen molar-refractivity contribution >= 4 is 23.1 Å². The lowest BCUT2D eigenvalue weighted by molar-refractivity contribution is -0.114. The first-order valence-electron chi connectivity index (χ1n) is 4.54. The van der Waals surface area contributed by atoms with Crippen molar-refractivity contribution in [2.75, 3.05) is 5.32 Å². The molecule has 0 saturated heterocycles. The molecule has 15 heavy (non-hydrogen) atoms. The quantitative estimate of drug-likeness (QED) is 0.818. The molecule has 0 aliphatic carbocycles. The van der Waals surface area contributed by atoms with Crippen LogP contribution in [-0.4, -0.2) is 16.1 Å². The first kappa shape index (κ1) is 9.92. The number of nitrogens with one attached hydrogen (secondary N) is 2. The molecule has 78 valence electrons. The number of hydrogen-bond donors (Lipinski definition) is 2. The minimum absolute atomic E-state index is 0.115. The van der Waals surface area contributed by atoms with Crippen LogP contribution in [0.3, 0.4) is 0 Å². The summed E-state index contributed by atoms with van der Waals surface area (Å²) in [6.45, 7) is 3.51. The summed E-state index contributed by atoms with van der Waals surface area (Å²) in [4.78, 5) is 12.0. The van der Waals surface area contributed by atoms with Gasteiger partial charge >= 0.3 is 0 Å². The van der Waals surface area contributed by atoms with Crippen LogP contribution in [0.25, 0.3) is 10.6 Å². The molecule has 5 heteroatoms. The van der Waals surface area contributed by atoms with E-state index in [1.165, 1.54) is 12.5 Å². The molecule has 0 atom stereocenters. The van der Waals surface area contributed by atoms with Crippen LogP contribution < -0.4 is 5.32 Å². The summed E-state index contributed by atoms with van der Waals surface area (Å²) >= 11 is 1.65. The average molecular weight is 221 g/mol. The molecule has 2 heterocycles. The summed E-state index contributed by atoms with van der Waals surface area (Å²) in [5.41, 5.74) is 2.14. The maximum absolute atomic E-state index is 10.8. The molecule has 0 fully saturated rings. The molecule has 2 rings (SSSR count). The van der Waals surface area contributed by atoms with Crippen LogP contribution in [0.2, 0.25) is 0 Å². The second kappa shape index (κ2) is 3.86. The number of aromatic amines is 1. The zero-order valence-electron chi connectivity index (χ0n) is 8.50. The molecule has 4 nitrogen and oxygen atoms in total. The van der Waals surface area contributed by atoms with Gasteiger partial charge in [0.15, 0.2) is 5.82 Å². The summed E-state index contributed by atoms with van der Waals surface area (Å²) < 4.78 is 0. The average Bonchev–Trinajstić information content (AvgIpc) is 2.72. The smallest absolute Gasteiger partial charge is 0.222 e. The van der Waals surface area contributed by atoms with Crippen LogP contribution in [0.15, 0.2) is 17.5 Å². The molecular formula is C10H11N3OS. The second-order valence-corrected chi connectivity index (χ2v) is 4.20. The number of anilines is 1. The summed E-state index contributed by atoms with van der Waals surface area (Å²) in [5.74, 6) is 0.446. The van der Waals surface area contributed by atoms with Gasteiger partial charge in [-0.25, -0.2) is 0 Å². The van der Waals surface area contributed by atoms with E-state index in [1.54, 1.807) is 11.3 Å². The van der Waals surface area contributed by atoms with Crippen molar-refractivity contribution in [3.05, 3.63) is 23.1 Å². The Morgan fingerprint density at radius 2 is 2.40 bits per heavy atom. The first-order chi connectivity index (χ1) is 7.16. The maximum Gasteiger partial charge on any atom is 0.222 e. The van der Waals surface area contributed by atoms with Gasteiger partial charge in [0.2, 0.25) is 5.91 Å². The third kappa shape index (κ3) is 2.07. The molecule has 2 N–H and O–H groups in total. The fourth-order valence-corrected chi connectivity index (χ4v) is 2.22. The predicted octanol–water partition coefficient (Wildman–Crippen LogP) is 2.41. The van der Waals surface area contributed by atoms with E-state index in [0.29, 0.717) is 5.82 Å². The van der Waals surface area contributed by atoms with E-state index < -0.39 is 0 Å². The number of thiophene rings is 1. The lowest BCUT2D eigenvalue weighted by atomic mass is 10.2. The minimum Gasteiger partial charge on any atom is -0.309 e. The molecule has 1 amide bonds. The molecule has 0 spiro atoms. The van der Waals surface area contributed by atoms with Crippen LogP contribution in [0.4, 0.5) is 5.82 Å². The Kier molecular flexibility index (Phi) is 2.55. The van der Waals surface area contributed by atoms with Gasteiger partial charge in [-0.15, -0.1) is 11.3 Å². The third-order valence-electron chi connectivity index (χ3n) is 1.99. The minimum atomic E-state index is -0.115. The summed E-state index contributed by atoms with van der Waals surface area (Å²) in [6.07, 6.45) is 0. The Morgan fingerprint density at radius 3 is 3.00 bits per heavy atom. The lowest BCUT2D eigenvalue weighted by Crippen LogP contribution is -2.05. The number of hydrogen-bond acceptors (Lipinski definition) is 3. The van der Waals surface area contributed by atoms with Gasteiger partial charge in [0.1, 0.15) is 0 Å². The van der Waals surface area contributed by atoms with Gasteiger partial charge < -0.3 is 5.32 Å².